The second-order valence-electron chi connectivity index (χ2n) is 10.1. The Morgan fingerprint density at radius 1 is 1.03 bits per heavy atom. The molecule has 0 spiro atoms. The average Bonchev–Trinajstić information content (AvgIpc) is 3.60. The van der Waals surface area contributed by atoms with Crippen LogP contribution in [0.2, 0.25) is 0 Å². The first kappa shape index (κ1) is 22.4. The maximum Gasteiger partial charge on any atom is 0.408 e. The minimum Gasteiger partial charge on any atom is -0.481 e. The number of hydrogen-bond acceptors (Lipinski definition) is 4. The molecule has 0 saturated heterocycles. The van der Waals surface area contributed by atoms with Crippen molar-refractivity contribution in [2.24, 2.45) is 5.92 Å². The number of hydrogen-bond donors (Lipinski definition) is 3. The van der Waals surface area contributed by atoms with E-state index < -0.39 is 23.1 Å². The topological polar surface area (TPSA) is 105 Å². The molecule has 1 atom stereocenters. The third-order valence-corrected chi connectivity index (χ3v) is 7.75. The molecule has 178 valence electrons. The number of fused-ring (bicyclic) bond motifs is 3. The van der Waals surface area contributed by atoms with Crippen LogP contribution in [0.1, 0.15) is 62.5 Å². The van der Waals surface area contributed by atoms with Crippen LogP contribution in [0, 0.1) is 5.92 Å². The lowest BCUT2D eigenvalue weighted by Crippen LogP contribution is -2.65. The van der Waals surface area contributed by atoms with Gasteiger partial charge in [-0.3, -0.25) is 9.59 Å². The van der Waals surface area contributed by atoms with E-state index in [1.165, 1.54) is 0 Å². The van der Waals surface area contributed by atoms with E-state index in [1.807, 2.05) is 24.3 Å². The number of aliphatic carboxylic acids is 1. The summed E-state index contributed by atoms with van der Waals surface area (Å²) in [5.74, 6) is -1.31. The first-order valence-corrected chi connectivity index (χ1v) is 12.0. The average molecular weight is 463 g/mol. The number of alkyl carbamates (subject to hydrolysis) is 1. The van der Waals surface area contributed by atoms with Gasteiger partial charge in [-0.2, -0.15) is 0 Å². The van der Waals surface area contributed by atoms with E-state index in [0.29, 0.717) is 12.8 Å². The molecule has 2 fully saturated rings. The Hall–Kier alpha value is -3.35. The number of nitrogens with one attached hydrogen (secondary N) is 2. The predicted octanol–water partition coefficient (Wildman–Crippen LogP) is 4.21. The summed E-state index contributed by atoms with van der Waals surface area (Å²) in [5.41, 5.74) is 2.70. The van der Waals surface area contributed by atoms with Crippen LogP contribution in [0.5, 0.6) is 0 Å². The van der Waals surface area contributed by atoms with E-state index in [4.69, 9.17) is 4.74 Å². The first-order valence-electron chi connectivity index (χ1n) is 12.0. The van der Waals surface area contributed by atoms with Crippen molar-refractivity contribution in [3.8, 4) is 11.1 Å². The second-order valence-corrected chi connectivity index (χ2v) is 10.1. The molecule has 1 unspecified atom stereocenters. The lowest BCUT2D eigenvalue weighted by atomic mass is 9.73. The van der Waals surface area contributed by atoms with E-state index in [9.17, 15) is 19.5 Å². The molecular weight excluding hydrogens is 432 g/mol. The second kappa shape index (κ2) is 8.46. The van der Waals surface area contributed by atoms with Crippen LogP contribution in [-0.2, 0) is 14.3 Å². The number of carboxylic acids is 1. The Balaban J connectivity index is 1.27. The lowest BCUT2D eigenvalue weighted by molar-refractivity contribution is -0.141. The standard InChI is InChI=1S/C27H30N2O5/c1-26(17-11-12-17,24(32)28-27(13-6-14-27)15-23(30)31)29-25(33)34-16-22-20-9-4-2-7-18(20)19-8-3-5-10-21(19)22/h2-5,7-10,17,22H,6,11-16H2,1H3,(H,28,32)(H,29,33)(H,30,31). The van der Waals surface area contributed by atoms with E-state index in [-0.39, 0.29) is 30.8 Å². The van der Waals surface area contributed by atoms with Gasteiger partial charge in [-0.15, -0.1) is 0 Å². The fourth-order valence-corrected chi connectivity index (χ4v) is 5.46. The lowest BCUT2D eigenvalue weighted by Gasteiger charge is -2.44. The van der Waals surface area contributed by atoms with Gasteiger partial charge in [-0.25, -0.2) is 4.79 Å². The van der Waals surface area contributed by atoms with Crippen LogP contribution in [0.3, 0.4) is 0 Å². The van der Waals surface area contributed by atoms with Crippen molar-refractivity contribution < 1.29 is 24.2 Å². The largest absolute Gasteiger partial charge is 0.481 e. The molecule has 3 N–H and O–H groups in total. The third-order valence-electron chi connectivity index (χ3n) is 7.75. The Labute approximate surface area is 198 Å². The minimum atomic E-state index is -1.14. The van der Waals surface area contributed by atoms with Gasteiger partial charge in [0.2, 0.25) is 5.91 Å². The molecule has 2 aromatic carbocycles. The molecule has 3 aliphatic rings. The first-order chi connectivity index (χ1) is 16.3. The Morgan fingerprint density at radius 3 is 2.12 bits per heavy atom. The van der Waals surface area contributed by atoms with Crippen LogP contribution in [0.4, 0.5) is 4.79 Å². The van der Waals surface area contributed by atoms with Crippen molar-refractivity contribution in [1.29, 1.82) is 0 Å². The summed E-state index contributed by atoms with van der Waals surface area (Å²) in [7, 11) is 0. The van der Waals surface area contributed by atoms with Crippen LogP contribution >= 0.6 is 0 Å². The highest BCUT2D eigenvalue weighted by molar-refractivity contribution is 5.91. The fourth-order valence-electron chi connectivity index (χ4n) is 5.46. The van der Waals surface area contributed by atoms with E-state index >= 15 is 0 Å². The molecule has 0 aromatic heterocycles. The molecular formula is C27H30N2O5. The van der Waals surface area contributed by atoms with Crippen LogP contribution < -0.4 is 10.6 Å². The van der Waals surface area contributed by atoms with Crippen LogP contribution in [0.25, 0.3) is 11.1 Å². The molecule has 2 amide bonds. The normalized spacial score (nSPS) is 19.7. The monoisotopic (exact) mass is 462 g/mol. The summed E-state index contributed by atoms with van der Waals surface area (Å²) in [6, 6.07) is 16.3. The van der Waals surface area contributed by atoms with E-state index in [1.54, 1.807) is 6.92 Å². The van der Waals surface area contributed by atoms with E-state index in [2.05, 4.69) is 34.9 Å². The zero-order valence-corrected chi connectivity index (χ0v) is 19.3. The molecule has 0 aliphatic heterocycles. The molecule has 5 rings (SSSR count). The summed E-state index contributed by atoms with van der Waals surface area (Å²) >= 11 is 0. The third kappa shape index (κ3) is 4.04. The van der Waals surface area contributed by atoms with Crippen molar-refractivity contribution in [2.75, 3.05) is 6.61 Å². The van der Waals surface area contributed by atoms with Gasteiger partial charge < -0.3 is 20.5 Å². The highest BCUT2D eigenvalue weighted by atomic mass is 16.5. The molecule has 2 saturated carbocycles. The number of carbonyl (C=O) groups is 3. The SMILES string of the molecule is CC(NC(=O)OCC1c2ccccc2-c2ccccc21)(C(=O)NC1(CC(=O)O)CCC1)C1CC1. The smallest absolute Gasteiger partial charge is 0.408 e. The maximum atomic E-state index is 13.3. The van der Waals surface area contributed by atoms with Crippen molar-refractivity contribution in [1.82, 2.24) is 10.6 Å². The quantitative estimate of drug-likeness (QED) is 0.545. The van der Waals surface area contributed by atoms with Crippen LogP contribution in [-0.4, -0.2) is 40.8 Å². The zero-order valence-electron chi connectivity index (χ0n) is 19.3. The summed E-state index contributed by atoms with van der Waals surface area (Å²) in [6.07, 6.45) is 3.08. The number of rotatable bonds is 8. The summed E-state index contributed by atoms with van der Waals surface area (Å²) in [4.78, 5) is 37.5. The molecule has 7 heteroatoms. The van der Waals surface area contributed by atoms with Gasteiger partial charge >= 0.3 is 12.1 Å². The fraction of sp³-hybridized carbons (Fsp3) is 0.444. The van der Waals surface area contributed by atoms with Gasteiger partial charge in [0.15, 0.2) is 0 Å². The zero-order chi connectivity index (χ0) is 23.9. The van der Waals surface area contributed by atoms with Crippen molar-refractivity contribution >= 4 is 18.0 Å². The van der Waals surface area contributed by atoms with Crippen LogP contribution in [0.15, 0.2) is 48.5 Å². The minimum absolute atomic E-state index is 0.00920. The van der Waals surface area contributed by atoms with Gasteiger partial charge in [-0.05, 0) is 67.2 Å². The summed E-state index contributed by atoms with van der Waals surface area (Å²) in [6.45, 7) is 1.89. The van der Waals surface area contributed by atoms with Crippen molar-refractivity contribution in [3.05, 3.63) is 59.7 Å². The molecule has 0 heterocycles. The van der Waals surface area contributed by atoms with Crippen molar-refractivity contribution in [3.63, 3.8) is 0 Å². The molecule has 0 bridgehead atoms. The number of amides is 2. The summed E-state index contributed by atoms with van der Waals surface area (Å²) < 4.78 is 5.67. The Kier molecular flexibility index (Phi) is 5.58. The van der Waals surface area contributed by atoms with Gasteiger partial charge in [0.25, 0.3) is 0 Å². The van der Waals surface area contributed by atoms with Crippen molar-refractivity contribution in [2.45, 2.75) is 62.4 Å². The molecule has 34 heavy (non-hydrogen) atoms. The van der Waals surface area contributed by atoms with Gasteiger partial charge in [0, 0.05) is 5.92 Å². The molecule has 3 aliphatic carbocycles. The maximum absolute atomic E-state index is 13.3. The van der Waals surface area contributed by atoms with Gasteiger partial charge in [-0.1, -0.05) is 48.5 Å². The Morgan fingerprint density at radius 2 is 1.62 bits per heavy atom. The van der Waals surface area contributed by atoms with Gasteiger partial charge in [0.1, 0.15) is 12.1 Å². The number of benzene rings is 2. The Bertz CT molecular complexity index is 1090. The van der Waals surface area contributed by atoms with E-state index in [0.717, 1.165) is 41.5 Å². The number of ether oxygens (including phenoxy) is 1. The molecule has 2 aromatic rings. The number of carboxylic acid groups (broad SMARTS) is 1. The van der Waals surface area contributed by atoms with Gasteiger partial charge in [0.05, 0.1) is 12.0 Å². The predicted molar refractivity (Wildman–Crippen MR) is 126 cm³/mol. The number of carbonyl (C=O) groups excluding carboxylic acids is 2. The highest BCUT2D eigenvalue weighted by Gasteiger charge is 2.52. The molecule has 7 nitrogen and oxygen atoms in total. The molecule has 0 radical (unpaired) electrons. The highest BCUT2D eigenvalue weighted by Crippen LogP contribution is 2.45. The summed E-state index contributed by atoms with van der Waals surface area (Å²) in [5, 5.41) is 15.1.